The molecule has 0 unspecified atom stereocenters. The van der Waals surface area contributed by atoms with Gasteiger partial charge in [0.1, 0.15) is 5.52 Å². The monoisotopic (exact) mass is 305 g/mol. The molecule has 22 heavy (non-hydrogen) atoms. The Morgan fingerprint density at radius 2 is 2.09 bits per heavy atom. The van der Waals surface area contributed by atoms with E-state index in [1.165, 1.54) is 0 Å². The van der Waals surface area contributed by atoms with Crippen LogP contribution in [0.4, 0.5) is 0 Å². The van der Waals surface area contributed by atoms with Gasteiger partial charge in [0.25, 0.3) is 5.56 Å². The first-order valence-corrected chi connectivity index (χ1v) is 7.82. The van der Waals surface area contributed by atoms with Gasteiger partial charge < -0.3 is 9.64 Å². The van der Waals surface area contributed by atoms with Gasteiger partial charge in [-0.05, 0) is 26.3 Å². The third-order valence-corrected chi connectivity index (χ3v) is 4.17. The summed E-state index contributed by atoms with van der Waals surface area (Å²) in [6.07, 6.45) is 6.72. The molecular formula is C15H23N5O2. The normalized spacial score (nSPS) is 17.4. The van der Waals surface area contributed by atoms with Crippen molar-refractivity contribution in [3.8, 4) is 0 Å². The van der Waals surface area contributed by atoms with Crippen LogP contribution in [0.25, 0.3) is 11.0 Å². The van der Waals surface area contributed by atoms with Gasteiger partial charge in [0, 0.05) is 33.3 Å². The zero-order valence-electron chi connectivity index (χ0n) is 13.2. The summed E-state index contributed by atoms with van der Waals surface area (Å²) in [6, 6.07) is 0. The third-order valence-electron chi connectivity index (χ3n) is 4.17. The second-order valence-electron chi connectivity index (χ2n) is 6.01. The summed E-state index contributed by atoms with van der Waals surface area (Å²) in [7, 11) is 3.93. The molecule has 7 nitrogen and oxygen atoms in total. The highest BCUT2D eigenvalue weighted by Gasteiger charge is 2.16. The van der Waals surface area contributed by atoms with Crippen LogP contribution in [0.15, 0.2) is 17.3 Å². The van der Waals surface area contributed by atoms with E-state index in [-0.39, 0.29) is 5.56 Å². The Hall–Kier alpha value is -1.73. The zero-order valence-corrected chi connectivity index (χ0v) is 13.2. The molecule has 0 radical (unpaired) electrons. The first-order chi connectivity index (χ1) is 10.6. The average Bonchev–Trinajstić information content (AvgIpc) is 2.89. The average molecular weight is 305 g/mol. The molecule has 0 N–H and O–H groups in total. The molecule has 0 aromatic carbocycles. The van der Waals surface area contributed by atoms with Gasteiger partial charge in [-0.15, -0.1) is 0 Å². The topological polar surface area (TPSA) is 65.2 Å². The van der Waals surface area contributed by atoms with E-state index in [1.54, 1.807) is 28.8 Å². The van der Waals surface area contributed by atoms with E-state index in [4.69, 9.17) is 4.74 Å². The van der Waals surface area contributed by atoms with E-state index in [0.717, 1.165) is 32.4 Å². The minimum Gasteiger partial charge on any atom is -0.378 e. The van der Waals surface area contributed by atoms with Crippen LogP contribution in [0.1, 0.15) is 19.3 Å². The second-order valence-corrected chi connectivity index (χ2v) is 6.01. The largest absolute Gasteiger partial charge is 0.378 e. The van der Waals surface area contributed by atoms with E-state index in [9.17, 15) is 4.79 Å². The number of rotatable bonds is 5. The lowest BCUT2D eigenvalue weighted by molar-refractivity contribution is 0.0102. The van der Waals surface area contributed by atoms with Crippen LogP contribution < -0.4 is 5.56 Å². The fraction of sp³-hybridized carbons (Fsp3) is 0.667. The molecule has 120 valence electrons. The van der Waals surface area contributed by atoms with E-state index in [1.807, 2.05) is 0 Å². The number of ether oxygens (including phenoxy) is 1. The van der Waals surface area contributed by atoms with Crippen LogP contribution >= 0.6 is 0 Å². The highest BCUT2D eigenvalue weighted by Crippen LogP contribution is 2.12. The van der Waals surface area contributed by atoms with Crippen LogP contribution in [0.2, 0.25) is 0 Å². The first kappa shape index (κ1) is 15.2. The standard InChI is InChI=1S/C15H23N5O2/c1-18-7-4-12(5-8-18)22-9-3-6-20-11-16-13-10-19(2)17-14(13)15(20)21/h10-12H,3-9H2,1-2H3. The molecule has 3 heterocycles. The van der Waals surface area contributed by atoms with Crippen molar-refractivity contribution in [3.63, 3.8) is 0 Å². The quantitative estimate of drug-likeness (QED) is 0.758. The Morgan fingerprint density at radius 3 is 2.86 bits per heavy atom. The van der Waals surface area contributed by atoms with Gasteiger partial charge in [-0.2, -0.15) is 5.10 Å². The third kappa shape index (κ3) is 3.36. The van der Waals surface area contributed by atoms with Crippen molar-refractivity contribution >= 4 is 11.0 Å². The molecule has 1 fully saturated rings. The van der Waals surface area contributed by atoms with Gasteiger partial charge in [0.05, 0.1) is 18.6 Å². The van der Waals surface area contributed by atoms with Crippen LogP contribution in [-0.2, 0) is 18.3 Å². The molecule has 0 aliphatic carbocycles. The van der Waals surface area contributed by atoms with Crippen LogP contribution in [0.3, 0.4) is 0 Å². The Kier molecular flexibility index (Phi) is 4.54. The molecule has 2 aromatic heterocycles. The van der Waals surface area contributed by atoms with Crippen molar-refractivity contribution < 1.29 is 4.74 Å². The van der Waals surface area contributed by atoms with Crippen LogP contribution in [0.5, 0.6) is 0 Å². The molecule has 1 aliphatic heterocycles. The number of aryl methyl sites for hydroxylation is 2. The predicted octanol–water partition coefficient (Wildman–Crippen LogP) is 0.631. The second kappa shape index (κ2) is 6.58. The number of hydrogen-bond acceptors (Lipinski definition) is 5. The highest BCUT2D eigenvalue weighted by atomic mass is 16.5. The summed E-state index contributed by atoms with van der Waals surface area (Å²) in [5.41, 5.74) is 0.998. The maximum Gasteiger partial charge on any atom is 0.281 e. The summed E-state index contributed by atoms with van der Waals surface area (Å²) >= 11 is 0. The number of aromatic nitrogens is 4. The number of likely N-dealkylation sites (tertiary alicyclic amines) is 1. The first-order valence-electron chi connectivity index (χ1n) is 7.82. The fourth-order valence-corrected chi connectivity index (χ4v) is 2.84. The van der Waals surface area contributed by atoms with E-state index in [0.29, 0.717) is 30.3 Å². The molecule has 2 aromatic rings. The van der Waals surface area contributed by atoms with Gasteiger partial charge >= 0.3 is 0 Å². The number of nitrogens with zero attached hydrogens (tertiary/aromatic N) is 5. The fourth-order valence-electron chi connectivity index (χ4n) is 2.84. The zero-order chi connectivity index (χ0) is 15.5. The van der Waals surface area contributed by atoms with Gasteiger partial charge in [0.2, 0.25) is 0 Å². The molecule has 0 atom stereocenters. The van der Waals surface area contributed by atoms with Gasteiger partial charge in [-0.25, -0.2) is 4.98 Å². The van der Waals surface area contributed by atoms with Crippen molar-refractivity contribution in [1.82, 2.24) is 24.2 Å². The summed E-state index contributed by atoms with van der Waals surface area (Å²) in [6.45, 7) is 3.50. The molecule has 0 spiro atoms. The molecule has 0 saturated carbocycles. The molecular weight excluding hydrogens is 282 g/mol. The van der Waals surface area contributed by atoms with E-state index in [2.05, 4.69) is 22.0 Å². The van der Waals surface area contributed by atoms with Crippen molar-refractivity contribution in [1.29, 1.82) is 0 Å². The van der Waals surface area contributed by atoms with Gasteiger partial charge in [-0.3, -0.25) is 14.0 Å². The van der Waals surface area contributed by atoms with E-state index >= 15 is 0 Å². The minimum absolute atomic E-state index is 0.0788. The minimum atomic E-state index is -0.0788. The molecule has 1 aliphatic rings. The van der Waals surface area contributed by atoms with Crippen LogP contribution in [-0.4, -0.2) is 57.1 Å². The maximum absolute atomic E-state index is 12.3. The number of hydrogen-bond donors (Lipinski definition) is 0. The summed E-state index contributed by atoms with van der Waals surface area (Å²) in [5.74, 6) is 0. The Morgan fingerprint density at radius 1 is 1.32 bits per heavy atom. The van der Waals surface area contributed by atoms with Gasteiger partial charge in [0.15, 0.2) is 5.52 Å². The van der Waals surface area contributed by atoms with Gasteiger partial charge in [-0.1, -0.05) is 0 Å². The summed E-state index contributed by atoms with van der Waals surface area (Å²) < 4.78 is 9.14. The molecule has 0 amide bonds. The SMILES string of the molecule is CN1CCC(OCCCn2cnc3cn(C)nc3c2=O)CC1. The van der Waals surface area contributed by atoms with Crippen LogP contribution in [0, 0.1) is 0 Å². The lowest BCUT2D eigenvalue weighted by Gasteiger charge is -2.28. The summed E-state index contributed by atoms with van der Waals surface area (Å²) in [4.78, 5) is 18.9. The smallest absolute Gasteiger partial charge is 0.281 e. The predicted molar refractivity (Wildman–Crippen MR) is 83.9 cm³/mol. The lowest BCUT2D eigenvalue weighted by Crippen LogP contribution is -2.34. The molecule has 3 rings (SSSR count). The van der Waals surface area contributed by atoms with Crippen molar-refractivity contribution in [2.24, 2.45) is 7.05 Å². The molecule has 0 bridgehead atoms. The van der Waals surface area contributed by atoms with Crippen molar-refractivity contribution in [2.75, 3.05) is 26.7 Å². The summed E-state index contributed by atoms with van der Waals surface area (Å²) in [5, 5.41) is 4.17. The molecule has 1 saturated heterocycles. The number of piperidine rings is 1. The molecule has 7 heteroatoms. The lowest BCUT2D eigenvalue weighted by atomic mass is 10.1. The Labute approximate surface area is 129 Å². The van der Waals surface area contributed by atoms with Crippen molar-refractivity contribution in [3.05, 3.63) is 22.9 Å². The highest BCUT2D eigenvalue weighted by molar-refractivity contribution is 5.71. The Bertz CT molecular complexity index is 685. The maximum atomic E-state index is 12.3. The van der Waals surface area contributed by atoms with Crippen molar-refractivity contribution in [2.45, 2.75) is 31.9 Å². The Balaban J connectivity index is 1.51. The van der Waals surface area contributed by atoms with E-state index < -0.39 is 0 Å². The number of fused-ring (bicyclic) bond motifs is 1.